The lowest BCUT2D eigenvalue weighted by atomic mass is 9.40. The van der Waals surface area contributed by atoms with Crippen molar-refractivity contribution in [2.45, 2.75) is 50.5 Å². The van der Waals surface area contributed by atoms with E-state index in [1.807, 2.05) is 0 Å². The van der Waals surface area contributed by atoms with Crippen molar-refractivity contribution in [1.82, 2.24) is 5.32 Å². The number of hydrogen-bond acceptors (Lipinski definition) is 7. The number of carboxylic acid groups (broad SMARTS) is 1. The fourth-order valence-electron chi connectivity index (χ4n) is 10.0. The number of likely N-dealkylation sites (tertiary alicyclic amines) is 1. The summed E-state index contributed by atoms with van der Waals surface area (Å²) in [5.41, 5.74) is 5.34. The number of carboxylic acids is 1. The van der Waals surface area contributed by atoms with Crippen LogP contribution in [0.4, 0.5) is 0 Å². The number of aliphatic imine (C=N–C) groups is 1. The van der Waals surface area contributed by atoms with Gasteiger partial charge >= 0.3 is 0 Å². The smallest absolute Gasteiger partial charge is 0.293 e. The summed E-state index contributed by atoms with van der Waals surface area (Å²) in [4.78, 5) is 18.2. The molecule has 4 aliphatic carbocycles. The molecule has 9 nitrogen and oxygen atoms in total. The van der Waals surface area contributed by atoms with E-state index < -0.39 is 17.0 Å². The number of quaternary nitrogens is 1. The first-order valence-corrected chi connectivity index (χ1v) is 13.4. The molecule has 2 spiro atoms. The summed E-state index contributed by atoms with van der Waals surface area (Å²) in [6.45, 7) is 3.04. The van der Waals surface area contributed by atoms with Crippen molar-refractivity contribution >= 4 is 11.9 Å². The van der Waals surface area contributed by atoms with Crippen LogP contribution in [0.1, 0.15) is 44.9 Å². The summed E-state index contributed by atoms with van der Waals surface area (Å²) in [6, 6.07) is 0. The van der Waals surface area contributed by atoms with E-state index in [0.29, 0.717) is 36.7 Å². The molecule has 0 aromatic rings. The molecule has 1 heterocycles. The van der Waals surface area contributed by atoms with E-state index in [2.05, 4.69) is 10.3 Å². The summed E-state index contributed by atoms with van der Waals surface area (Å²) < 4.78 is 5.50. The third-order valence-electron chi connectivity index (χ3n) is 10.7. The monoisotopic (exact) mass is 490 g/mol. The van der Waals surface area contributed by atoms with Crippen LogP contribution in [0.15, 0.2) is 16.1 Å². The second-order valence-corrected chi connectivity index (χ2v) is 11.6. The van der Waals surface area contributed by atoms with Gasteiger partial charge in [0.05, 0.1) is 32.3 Å². The summed E-state index contributed by atoms with van der Waals surface area (Å²) in [6.07, 6.45) is 6.61. The largest absolute Gasteiger partial charge is 0.545 e. The Labute approximate surface area is 207 Å². The molecule has 8 atom stereocenters. The van der Waals surface area contributed by atoms with E-state index in [4.69, 9.17) is 10.5 Å². The minimum absolute atomic E-state index is 0.0255. The summed E-state index contributed by atoms with van der Waals surface area (Å²) in [5.74, 6) is 0.108. The molecule has 4 fully saturated rings. The zero-order chi connectivity index (χ0) is 25.0. The molecule has 35 heavy (non-hydrogen) atoms. The number of nitrogens with one attached hydrogen (secondary N) is 2. The highest BCUT2D eigenvalue weighted by Crippen LogP contribution is 2.80. The van der Waals surface area contributed by atoms with Crippen LogP contribution in [0.25, 0.3) is 0 Å². The van der Waals surface area contributed by atoms with Gasteiger partial charge in [0.1, 0.15) is 5.60 Å². The van der Waals surface area contributed by atoms with Crippen molar-refractivity contribution in [3.8, 4) is 0 Å². The predicted molar refractivity (Wildman–Crippen MR) is 128 cm³/mol. The third kappa shape index (κ3) is 3.18. The van der Waals surface area contributed by atoms with Crippen LogP contribution in [0.2, 0.25) is 0 Å². The molecule has 0 amide bonds. The summed E-state index contributed by atoms with van der Waals surface area (Å²) >= 11 is 0. The second-order valence-electron chi connectivity index (χ2n) is 11.6. The van der Waals surface area contributed by atoms with Gasteiger partial charge in [0, 0.05) is 49.4 Å². The van der Waals surface area contributed by atoms with Gasteiger partial charge in [-0.25, -0.2) is 4.99 Å². The lowest BCUT2D eigenvalue weighted by molar-refractivity contribution is -0.829. The van der Waals surface area contributed by atoms with Gasteiger partial charge in [0.25, 0.3) is 5.96 Å². The fourth-order valence-corrected chi connectivity index (χ4v) is 10.0. The summed E-state index contributed by atoms with van der Waals surface area (Å²) in [5, 5.41) is 37.8. The minimum Gasteiger partial charge on any atom is -0.545 e. The van der Waals surface area contributed by atoms with Crippen LogP contribution in [0.3, 0.4) is 0 Å². The van der Waals surface area contributed by atoms with Gasteiger partial charge in [-0.3, -0.25) is 4.90 Å². The van der Waals surface area contributed by atoms with Crippen molar-refractivity contribution in [2.75, 3.05) is 53.6 Å². The number of nitrogens with zero attached hydrogens (tertiary/aromatic N) is 1. The number of carbonyl (C=O) groups excluding carboxylic acids is 1. The molecule has 2 bridgehead atoms. The predicted octanol–water partition coefficient (Wildman–Crippen LogP) is -1.94. The van der Waals surface area contributed by atoms with Crippen LogP contribution in [-0.4, -0.2) is 81.3 Å². The molecule has 5 rings (SSSR count). The molecule has 0 aromatic carbocycles. The quantitative estimate of drug-likeness (QED) is 0.159. The number of nitrogens with two attached hydrogens (primary N) is 1. The number of ether oxygens (including phenoxy) is 1. The van der Waals surface area contributed by atoms with E-state index in [-0.39, 0.29) is 30.1 Å². The number of aliphatic hydroxyl groups is 2. The average molecular weight is 491 g/mol. The van der Waals surface area contributed by atoms with Crippen LogP contribution < -0.4 is 21.1 Å². The normalized spacial score (nSPS) is 44.7. The standard InChI is InChI=1S/C26H42N4O5/c1-28-23(27)30-10-8-18(13-29-9-11-31)24(14-30)17-7-6-16-4-3-5-20-25(34,15-35-2)21(22(32)33)19(12-17)26(16,20)24/h16-18,20,29,31,34H,3-15H2,1-2H3,(H2,27,28)(H,32,33). The molecular weight excluding hydrogens is 448 g/mol. The Morgan fingerprint density at radius 2 is 2.06 bits per heavy atom. The molecule has 196 valence electrons. The SMILES string of the molecule is CN=C(N)[NH+]1CCC(CNCCO)C2(C1)C1CCC3CCCC4C(O)(COC)C(C(=O)[O-])=C(C1)C342. The highest BCUT2D eigenvalue weighted by molar-refractivity contribution is 5.90. The molecule has 0 radical (unpaired) electrons. The summed E-state index contributed by atoms with van der Waals surface area (Å²) in [7, 11) is 3.27. The Bertz CT molecular complexity index is 923. The first kappa shape index (κ1) is 25.1. The third-order valence-corrected chi connectivity index (χ3v) is 10.7. The molecule has 1 aliphatic heterocycles. The lowest BCUT2D eigenvalue weighted by Crippen LogP contribution is -3.19. The van der Waals surface area contributed by atoms with Gasteiger partial charge < -0.3 is 35.9 Å². The Hall–Kier alpha value is -1.52. The van der Waals surface area contributed by atoms with E-state index in [1.165, 1.54) is 12.0 Å². The Morgan fingerprint density at radius 1 is 1.29 bits per heavy atom. The van der Waals surface area contributed by atoms with Crippen molar-refractivity contribution in [3.63, 3.8) is 0 Å². The van der Waals surface area contributed by atoms with Crippen LogP contribution in [-0.2, 0) is 9.53 Å². The van der Waals surface area contributed by atoms with Gasteiger partial charge in [-0.2, -0.15) is 0 Å². The topological polar surface area (TPSA) is 145 Å². The first-order valence-electron chi connectivity index (χ1n) is 13.4. The van der Waals surface area contributed by atoms with Gasteiger partial charge in [-0.05, 0) is 56.4 Å². The molecule has 3 saturated carbocycles. The van der Waals surface area contributed by atoms with Crippen LogP contribution in [0.5, 0.6) is 0 Å². The number of guanidine groups is 1. The van der Waals surface area contributed by atoms with Gasteiger partial charge in [0.2, 0.25) is 0 Å². The number of aliphatic carboxylic acids is 1. The van der Waals surface area contributed by atoms with Crippen LogP contribution >= 0.6 is 0 Å². The number of hydrogen-bond donors (Lipinski definition) is 5. The minimum atomic E-state index is -1.54. The van der Waals surface area contributed by atoms with Crippen molar-refractivity contribution < 1.29 is 29.8 Å². The number of methoxy groups -OCH3 is 1. The highest BCUT2D eigenvalue weighted by atomic mass is 16.5. The van der Waals surface area contributed by atoms with E-state index in [9.17, 15) is 20.1 Å². The zero-order valence-electron chi connectivity index (χ0n) is 21.1. The Morgan fingerprint density at radius 3 is 2.74 bits per heavy atom. The average Bonchev–Trinajstić information content (AvgIpc) is 3.12. The van der Waals surface area contributed by atoms with Crippen LogP contribution in [0, 0.1) is 34.5 Å². The van der Waals surface area contributed by atoms with E-state index >= 15 is 0 Å². The molecule has 0 aromatic heterocycles. The van der Waals surface area contributed by atoms with Gasteiger partial charge in [0.15, 0.2) is 0 Å². The van der Waals surface area contributed by atoms with Crippen molar-refractivity contribution in [2.24, 2.45) is 45.2 Å². The maximum absolute atomic E-state index is 12.7. The number of rotatable bonds is 7. The van der Waals surface area contributed by atoms with Crippen molar-refractivity contribution in [3.05, 3.63) is 11.1 Å². The Kier molecular flexibility index (Phi) is 6.54. The fraction of sp³-hybridized carbons (Fsp3) is 0.846. The number of aliphatic hydroxyl groups excluding tert-OH is 1. The molecule has 1 saturated heterocycles. The first-order chi connectivity index (χ1) is 16.8. The molecule has 5 aliphatic rings. The maximum atomic E-state index is 12.7. The Balaban J connectivity index is 1.74. The second kappa shape index (κ2) is 9.10. The highest BCUT2D eigenvalue weighted by Gasteiger charge is 2.80. The molecule has 6 N–H and O–H groups in total. The molecule has 8 unspecified atom stereocenters. The number of piperidine rings is 1. The zero-order valence-corrected chi connectivity index (χ0v) is 21.1. The van der Waals surface area contributed by atoms with Crippen molar-refractivity contribution in [1.29, 1.82) is 0 Å². The van der Waals surface area contributed by atoms with E-state index in [0.717, 1.165) is 63.7 Å². The maximum Gasteiger partial charge on any atom is 0.293 e. The van der Waals surface area contributed by atoms with Gasteiger partial charge in [-0.1, -0.05) is 12.0 Å². The lowest BCUT2D eigenvalue weighted by Gasteiger charge is -2.65. The molecule has 9 heteroatoms. The van der Waals surface area contributed by atoms with E-state index in [1.54, 1.807) is 7.05 Å². The number of allylic oxidation sites excluding steroid dienone is 1. The van der Waals surface area contributed by atoms with Gasteiger partial charge in [-0.15, -0.1) is 0 Å². The molecular formula is C26H42N4O5. The number of carbonyl (C=O) groups is 1.